The largest absolute Gasteiger partial charge is 0.336 e. The van der Waals surface area contributed by atoms with Crippen molar-refractivity contribution in [1.82, 2.24) is 30.0 Å². The third-order valence-electron chi connectivity index (χ3n) is 4.92. The van der Waals surface area contributed by atoms with Crippen LogP contribution < -0.4 is 0 Å². The van der Waals surface area contributed by atoms with Gasteiger partial charge in [0.25, 0.3) is 5.91 Å². The Morgan fingerprint density at radius 1 is 1.07 bits per heavy atom. The molecule has 1 fully saturated rings. The summed E-state index contributed by atoms with van der Waals surface area (Å²) in [6.07, 6.45) is 5.81. The Labute approximate surface area is 177 Å². The van der Waals surface area contributed by atoms with E-state index in [1.807, 2.05) is 41.3 Å². The number of halogens is 1. The molecule has 1 aromatic heterocycles. The van der Waals surface area contributed by atoms with Crippen LogP contribution in [0.3, 0.4) is 0 Å². The van der Waals surface area contributed by atoms with Crippen LogP contribution in [-0.4, -0.2) is 68.6 Å². The molecule has 0 unspecified atom stereocenters. The maximum Gasteiger partial charge on any atom is 0.256 e. The summed E-state index contributed by atoms with van der Waals surface area (Å²) in [6.45, 7) is 3.96. The second kappa shape index (κ2) is 9.11. The minimum atomic E-state index is -0.00345. The van der Waals surface area contributed by atoms with Crippen molar-refractivity contribution in [2.24, 2.45) is 0 Å². The normalized spacial score (nSPS) is 15.1. The molecule has 0 bridgehead atoms. The standard InChI is InChI=1S/C21H21BrN6O/c22-18-8-9-20(28-16-23-24-25-28)19(15-18)21(29)27-13-11-26(12-14-27)10-4-7-17-5-2-1-3-6-17/h1-9,15-16H,10-14H2. The smallest absolute Gasteiger partial charge is 0.256 e. The average molecular weight is 453 g/mol. The number of hydrogen-bond acceptors (Lipinski definition) is 5. The van der Waals surface area contributed by atoms with Gasteiger partial charge in [-0.05, 0) is 34.2 Å². The van der Waals surface area contributed by atoms with Gasteiger partial charge >= 0.3 is 0 Å². The summed E-state index contributed by atoms with van der Waals surface area (Å²) in [5, 5.41) is 11.3. The van der Waals surface area contributed by atoms with E-state index in [-0.39, 0.29) is 5.91 Å². The molecule has 8 heteroatoms. The van der Waals surface area contributed by atoms with Crippen molar-refractivity contribution >= 4 is 27.9 Å². The van der Waals surface area contributed by atoms with E-state index in [0.717, 1.165) is 24.1 Å². The van der Waals surface area contributed by atoms with Gasteiger partial charge in [0.2, 0.25) is 0 Å². The van der Waals surface area contributed by atoms with Gasteiger partial charge in [0.15, 0.2) is 0 Å². The first-order valence-corrected chi connectivity index (χ1v) is 10.3. The van der Waals surface area contributed by atoms with E-state index < -0.39 is 0 Å². The Morgan fingerprint density at radius 2 is 1.86 bits per heavy atom. The fourth-order valence-electron chi connectivity index (χ4n) is 3.36. The molecule has 0 radical (unpaired) electrons. The maximum absolute atomic E-state index is 13.2. The number of hydrogen-bond donors (Lipinski definition) is 0. The highest BCUT2D eigenvalue weighted by molar-refractivity contribution is 9.10. The Bertz CT molecular complexity index is 982. The fourth-order valence-corrected chi connectivity index (χ4v) is 3.72. The van der Waals surface area contributed by atoms with E-state index in [1.165, 1.54) is 16.6 Å². The number of amides is 1. The van der Waals surface area contributed by atoms with Crippen LogP contribution in [0.5, 0.6) is 0 Å². The van der Waals surface area contributed by atoms with Gasteiger partial charge in [-0.25, -0.2) is 0 Å². The second-order valence-corrected chi connectivity index (χ2v) is 7.74. The van der Waals surface area contributed by atoms with Crippen LogP contribution in [-0.2, 0) is 0 Å². The van der Waals surface area contributed by atoms with E-state index >= 15 is 0 Å². The number of nitrogens with zero attached hydrogens (tertiary/aromatic N) is 6. The van der Waals surface area contributed by atoms with Crippen LogP contribution >= 0.6 is 15.9 Å². The van der Waals surface area contributed by atoms with Gasteiger partial charge in [0.05, 0.1) is 11.3 Å². The predicted molar refractivity (Wildman–Crippen MR) is 115 cm³/mol. The number of piperazine rings is 1. The lowest BCUT2D eigenvalue weighted by atomic mass is 10.1. The molecule has 0 atom stereocenters. The van der Waals surface area contributed by atoms with Gasteiger partial charge in [-0.1, -0.05) is 58.4 Å². The first-order valence-electron chi connectivity index (χ1n) is 9.47. The molecule has 1 aliphatic rings. The van der Waals surface area contributed by atoms with Crippen molar-refractivity contribution in [2.75, 3.05) is 32.7 Å². The molecule has 1 aliphatic heterocycles. The zero-order chi connectivity index (χ0) is 20.1. The highest BCUT2D eigenvalue weighted by Crippen LogP contribution is 2.21. The first kappa shape index (κ1) is 19.5. The molecule has 3 aromatic rings. The van der Waals surface area contributed by atoms with Crippen molar-refractivity contribution in [3.05, 3.63) is 76.5 Å². The molecule has 0 N–H and O–H groups in total. The number of carbonyl (C=O) groups is 1. The van der Waals surface area contributed by atoms with Crippen LogP contribution in [0, 0.1) is 0 Å². The van der Waals surface area contributed by atoms with Gasteiger partial charge < -0.3 is 4.90 Å². The summed E-state index contributed by atoms with van der Waals surface area (Å²) < 4.78 is 2.37. The molecular formula is C21H21BrN6O. The van der Waals surface area contributed by atoms with E-state index in [4.69, 9.17) is 0 Å². The Hall–Kier alpha value is -2.84. The first-order chi connectivity index (χ1) is 14.2. The van der Waals surface area contributed by atoms with Crippen LogP contribution in [0.4, 0.5) is 0 Å². The van der Waals surface area contributed by atoms with E-state index in [1.54, 1.807) is 0 Å². The zero-order valence-corrected chi connectivity index (χ0v) is 17.4. The highest BCUT2D eigenvalue weighted by Gasteiger charge is 2.24. The molecule has 1 saturated heterocycles. The molecule has 148 valence electrons. The molecule has 0 aliphatic carbocycles. The van der Waals surface area contributed by atoms with Gasteiger partial charge in [-0.2, -0.15) is 4.68 Å². The minimum Gasteiger partial charge on any atom is -0.336 e. The van der Waals surface area contributed by atoms with E-state index in [9.17, 15) is 4.79 Å². The van der Waals surface area contributed by atoms with E-state index in [2.05, 4.69) is 60.6 Å². The number of benzene rings is 2. The summed E-state index contributed by atoms with van der Waals surface area (Å²) in [5.74, 6) is -0.00345. The van der Waals surface area contributed by atoms with Crippen LogP contribution in [0.2, 0.25) is 0 Å². The van der Waals surface area contributed by atoms with E-state index in [0.29, 0.717) is 24.3 Å². The zero-order valence-electron chi connectivity index (χ0n) is 15.9. The highest BCUT2D eigenvalue weighted by atomic mass is 79.9. The number of rotatable bonds is 5. The van der Waals surface area contributed by atoms with Crippen molar-refractivity contribution in [1.29, 1.82) is 0 Å². The van der Waals surface area contributed by atoms with Crippen molar-refractivity contribution < 1.29 is 4.79 Å². The third kappa shape index (κ3) is 4.78. The lowest BCUT2D eigenvalue weighted by Gasteiger charge is -2.34. The molecule has 4 rings (SSSR count). The Morgan fingerprint density at radius 3 is 2.59 bits per heavy atom. The summed E-state index contributed by atoms with van der Waals surface area (Å²) in [7, 11) is 0. The number of aromatic nitrogens is 4. The quantitative estimate of drug-likeness (QED) is 0.595. The molecule has 0 saturated carbocycles. The molecule has 7 nitrogen and oxygen atoms in total. The molecule has 1 amide bonds. The monoisotopic (exact) mass is 452 g/mol. The lowest BCUT2D eigenvalue weighted by Crippen LogP contribution is -2.48. The van der Waals surface area contributed by atoms with Gasteiger partial charge in [0, 0.05) is 37.2 Å². The van der Waals surface area contributed by atoms with Gasteiger partial charge in [0.1, 0.15) is 6.33 Å². The van der Waals surface area contributed by atoms with Crippen molar-refractivity contribution in [3.8, 4) is 5.69 Å². The fraction of sp³-hybridized carbons (Fsp3) is 0.238. The summed E-state index contributed by atoms with van der Waals surface area (Å²) in [6, 6.07) is 15.8. The van der Waals surface area contributed by atoms with Crippen LogP contribution in [0.25, 0.3) is 11.8 Å². The maximum atomic E-state index is 13.2. The molecule has 2 aromatic carbocycles. The predicted octanol–water partition coefficient (Wildman–Crippen LogP) is 2.90. The Kier molecular flexibility index (Phi) is 6.12. The van der Waals surface area contributed by atoms with Gasteiger partial charge in [-0.15, -0.1) is 5.10 Å². The summed E-state index contributed by atoms with van der Waals surface area (Å²) in [5.41, 5.74) is 2.46. The summed E-state index contributed by atoms with van der Waals surface area (Å²) in [4.78, 5) is 17.4. The number of carbonyl (C=O) groups excluding carboxylic acids is 1. The number of tetrazole rings is 1. The van der Waals surface area contributed by atoms with Crippen molar-refractivity contribution in [3.63, 3.8) is 0 Å². The summed E-state index contributed by atoms with van der Waals surface area (Å²) >= 11 is 3.46. The minimum absolute atomic E-state index is 0.00345. The van der Waals surface area contributed by atoms with Crippen LogP contribution in [0.1, 0.15) is 15.9 Å². The van der Waals surface area contributed by atoms with Crippen LogP contribution in [0.15, 0.2) is 65.4 Å². The molecule has 0 spiro atoms. The average Bonchev–Trinajstić information content (AvgIpc) is 3.29. The second-order valence-electron chi connectivity index (χ2n) is 6.82. The molecular weight excluding hydrogens is 432 g/mol. The Balaban J connectivity index is 1.38. The molecule has 2 heterocycles. The topological polar surface area (TPSA) is 67.2 Å². The third-order valence-corrected chi connectivity index (χ3v) is 5.41. The lowest BCUT2D eigenvalue weighted by molar-refractivity contribution is 0.0650. The SMILES string of the molecule is O=C(c1cc(Br)ccc1-n1cnnn1)N1CCN(CC=Cc2ccccc2)CC1. The van der Waals surface area contributed by atoms with Gasteiger partial charge in [-0.3, -0.25) is 9.69 Å². The van der Waals surface area contributed by atoms with Crippen molar-refractivity contribution in [2.45, 2.75) is 0 Å². The molecule has 29 heavy (non-hydrogen) atoms.